The molecule has 0 fully saturated rings. The summed E-state index contributed by atoms with van der Waals surface area (Å²) in [4.78, 5) is 39.3. The van der Waals surface area contributed by atoms with Gasteiger partial charge in [-0.15, -0.1) is 0 Å². The summed E-state index contributed by atoms with van der Waals surface area (Å²) in [6.45, 7) is 3.71. The van der Waals surface area contributed by atoms with Crippen LogP contribution in [0.2, 0.25) is 0 Å². The molecule has 128 valence electrons. The Labute approximate surface area is 142 Å². The SMILES string of the molecule is Cc1c(C(C)NC(=O)c2c[nH]c(=O)[nH]c2=O)cnn1-c1ccccc1. The molecule has 2 heterocycles. The summed E-state index contributed by atoms with van der Waals surface area (Å²) >= 11 is 0. The molecule has 3 N–H and O–H groups in total. The fourth-order valence-corrected chi connectivity index (χ4v) is 2.61. The van der Waals surface area contributed by atoms with Crippen LogP contribution in [0.5, 0.6) is 0 Å². The van der Waals surface area contributed by atoms with E-state index in [1.54, 1.807) is 17.8 Å². The van der Waals surface area contributed by atoms with E-state index < -0.39 is 17.2 Å². The average Bonchev–Trinajstić information content (AvgIpc) is 2.97. The van der Waals surface area contributed by atoms with Crippen molar-refractivity contribution in [2.75, 3.05) is 0 Å². The van der Waals surface area contributed by atoms with Crippen molar-refractivity contribution in [3.63, 3.8) is 0 Å². The van der Waals surface area contributed by atoms with Gasteiger partial charge in [-0.2, -0.15) is 5.10 Å². The third kappa shape index (κ3) is 3.27. The molecule has 0 aliphatic heterocycles. The first-order valence-electron chi connectivity index (χ1n) is 7.70. The molecule has 1 unspecified atom stereocenters. The van der Waals surface area contributed by atoms with Crippen LogP contribution in [0.4, 0.5) is 0 Å². The largest absolute Gasteiger partial charge is 0.345 e. The molecule has 1 amide bonds. The third-order valence-corrected chi connectivity index (χ3v) is 3.93. The predicted octanol–water partition coefficient (Wildman–Crippen LogP) is 1.05. The Morgan fingerprint density at radius 2 is 1.96 bits per heavy atom. The van der Waals surface area contributed by atoms with Crippen LogP contribution >= 0.6 is 0 Å². The van der Waals surface area contributed by atoms with Crippen molar-refractivity contribution >= 4 is 5.91 Å². The van der Waals surface area contributed by atoms with Crippen LogP contribution in [0.1, 0.15) is 34.6 Å². The highest BCUT2D eigenvalue weighted by Gasteiger charge is 2.18. The Bertz CT molecular complexity index is 1020. The van der Waals surface area contributed by atoms with E-state index in [1.165, 1.54) is 0 Å². The van der Waals surface area contributed by atoms with Crippen LogP contribution in [0.25, 0.3) is 5.69 Å². The topological polar surface area (TPSA) is 113 Å². The highest BCUT2D eigenvalue weighted by atomic mass is 16.2. The van der Waals surface area contributed by atoms with Crippen LogP contribution in [0, 0.1) is 6.92 Å². The van der Waals surface area contributed by atoms with E-state index in [-0.39, 0.29) is 11.6 Å². The lowest BCUT2D eigenvalue weighted by atomic mass is 10.1. The summed E-state index contributed by atoms with van der Waals surface area (Å²) in [5.74, 6) is -0.572. The van der Waals surface area contributed by atoms with Gasteiger partial charge < -0.3 is 10.3 Å². The number of hydrogen-bond donors (Lipinski definition) is 3. The van der Waals surface area contributed by atoms with Crippen LogP contribution in [0.3, 0.4) is 0 Å². The second-order valence-electron chi connectivity index (χ2n) is 5.61. The molecule has 0 aliphatic carbocycles. The summed E-state index contributed by atoms with van der Waals surface area (Å²) in [5.41, 5.74) is 1.09. The first-order chi connectivity index (χ1) is 12.0. The van der Waals surface area contributed by atoms with Crippen molar-refractivity contribution in [2.45, 2.75) is 19.9 Å². The fourth-order valence-electron chi connectivity index (χ4n) is 2.61. The zero-order valence-corrected chi connectivity index (χ0v) is 13.7. The zero-order valence-electron chi connectivity index (χ0n) is 13.7. The normalized spacial score (nSPS) is 11.9. The zero-order chi connectivity index (χ0) is 18.0. The number of aromatic amines is 2. The number of carbonyl (C=O) groups is 1. The van der Waals surface area contributed by atoms with Gasteiger partial charge in [-0.05, 0) is 26.0 Å². The maximum Gasteiger partial charge on any atom is 0.325 e. The van der Waals surface area contributed by atoms with Crippen molar-refractivity contribution in [3.8, 4) is 5.69 Å². The minimum atomic E-state index is -0.731. The van der Waals surface area contributed by atoms with Gasteiger partial charge in [0, 0.05) is 17.5 Å². The number of benzene rings is 1. The molecule has 1 aromatic carbocycles. The summed E-state index contributed by atoms with van der Waals surface area (Å²) < 4.78 is 1.78. The van der Waals surface area contributed by atoms with Gasteiger partial charge in [0.05, 0.1) is 17.9 Å². The molecule has 0 bridgehead atoms. The molecule has 0 saturated heterocycles. The van der Waals surface area contributed by atoms with Crippen LogP contribution in [-0.2, 0) is 0 Å². The van der Waals surface area contributed by atoms with E-state index in [2.05, 4.69) is 15.4 Å². The molecule has 0 saturated carbocycles. The number of hydrogen-bond acceptors (Lipinski definition) is 4. The standard InChI is InChI=1S/C17H17N5O3/c1-10(20-15(23)14-8-18-17(25)21-16(14)24)13-9-19-22(11(13)2)12-6-4-3-5-7-12/h3-10H,1-2H3,(H,20,23)(H2,18,21,24,25). The van der Waals surface area contributed by atoms with Gasteiger partial charge in [0.25, 0.3) is 11.5 Å². The summed E-state index contributed by atoms with van der Waals surface area (Å²) in [5, 5.41) is 7.11. The van der Waals surface area contributed by atoms with E-state index in [1.807, 2.05) is 42.2 Å². The van der Waals surface area contributed by atoms with Crippen molar-refractivity contribution in [1.29, 1.82) is 0 Å². The third-order valence-electron chi connectivity index (χ3n) is 3.93. The first kappa shape index (κ1) is 16.4. The number of nitrogens with one attached hydrogen (secondary N) is 3. The fraction of sp³-hybridized carbons (Fsp3) is 0.176. The Balaban J connectivity index is 1.83. The molecule has 0 radical (unpaired) electrons. The van der Waals surface area contributed by atoms with Gasteiger partial charge >= 0.3 is 5.69 Å². The van der Waals surface area contributed by atoms with Crippen molar-refractivity contribution in [1.82, 2.24) is 25.1 Å². The van der Waals surface area contributed by atoms with Gasteiger partial charge in [0.1, 0.15) is 5.56 Å². The minimum absolute atomic E-state index is 0.153. The lowest BCUT2D eigenvalue weighted by Crippen LogP contribution is -2.34. The number of rotatable bonds is 4. The summed E-state index contributed by atoms with van der Waals surface area (Å²) in [6.07, 6.45) is 2.79. The maximum atomic E-state index is 12.3. The molecular formula is C17H17N5O3. The second kappa shape index (κ2) is 6.60. The highest BCUT2D eigenvalue weighted by Crippen LogP contribution is 2.20. The van der Waals surface area contributed by atoms with E-state index >= 15 is 0 Å². The average molecular weight is 339 g/mol. The lowest BCUT2D eigenvalue weighted by molar-refractivity contribution is 0.0938. The summed E-state index contributed by atoms with van der Waals surface area (Å²) in [6, 6.07) is 9.28. The van der Waals surface area contributed by atoms with Crippen molar-refractivity contribution in [2.24, 2.45) is 0 Å². The number of para-hydroxylation sites is 1. The van der Waals surface area contributed by atoms with Gasteiger partial charge in [0.2, 0.25) is 0 Å². The van der Waals surface area contributed by atoms with Crippen molar-refractivity contribution < 1.29 is 4.79 Å². The molecule has 8 nitrogen and oxygen atoms in total. The molecule has 8 heteroatoms. The van der Waals surface area contributed by atoms with E-state index in [4.69, 9.17) is 0 Å². The number of aromatic nitrogens is 4. The highest BCUT2D eigenvalue weighted by molar-refractivity contribution is 5.93. The monoisotopic (exact) mass is 339 g/mol. The lowest BCUT2D eigenvalue weighted by Gasteiger charge is -2.14. The predicted molar refractivity (Wildman–Crippen MR) is 91.9 cm³/mol. The van der Waals surface area contributed by atoms with Crippen LogP contribution in [-0.4, -0.2) is 25.7 Å². The number of carbonyl (C=O) groups excluding carboxylic acids is 1. The molecule has 0 spiro atoms. The van der Waals surface area contributed by atoms with Crippen LogP contribution in [0.15, 0.2) is 52.3 Å². The molecule has 25 heavy (non-hydrogen) atoms. The summed E-state index contributed by atoms with van der Waals surface area (Å²) in [7, 11) is 0. The Kier molecular flexibility index (Phi) is 4.34. The number of amides is 1. The first-order valence-corrected chi connectivity index (χ1v) is 7.70. The molecular weight excluding hydrogens is 322 g/mol. The number of nitrogens with zero attached hydrogens (tertiary/aromatic N) is 2. The second-order valence-corrected chi connectivity index (χ2v) is 5.61. The van der Waals surface area contributed by atoms with Gasteiger partial charge in [-0.1, -0.05) is 18.2 Å². The van der Waals surface area contributed by atoms with Gasteiger partial charge in [-0.25, -0.2) is 9.48 Å². The number of H-pyrrole nitrogens is 2. The molecule has 1 atom stereocenters. The minimum Gasteiger partial charge on any atom is -0.345 e. The molecule has 3 rings (SSSR count). The van der Waals surface area contributed by atoms with E-state index in [0.29, 0.717) is 0 Å². The van der Waals surface area contributed by atoms with Gasteiger partial charge in [-0.3, -0.25) is 14.6 Å². The Morgan fingerprint density at radius 1 is 1.24 bits per heavy atom. The molecule has 3 aromatic rings. The van der Waals surface area contributed by atoms with E-state index in [9.17, 15) is 14.4 Å². The quantitative estimate of drug-likeness (QED) is 0.659. The van der Waals surface area contributed by atoms with Crippen molar-refractivity contribution in [3.05, 3.63) is 80.4 Å². The Morgan fingerprint density at radius 3 is 2.64 bits per heavy atom. The smallest absolute Gasteiger partial charge is 0.325 e. The van der Waals surface area contributed by atoms with E-state index in [0.717, 1.165) is 23.1 Å². The van der Waals surface area contributed by atoms with Gasteiger partial charge in [0.15, 0.2) is 0 Å². The maximum absolute atomic E-state index is 12.3. The Hall–Kier alpha value is -3.42. The van der Waals surface area contributed by atoms with Crippen LogP contribution < -0.4 is 16.6 Å². The molecule has 2 aromatic heterocycles. The molecule has 0 aliphatic rings.